The Balaban J connectivity index is 2.21. The van der Waals surface area contributed by atoms with Crippen molar-refractivity contribution in [2.45, 2.75) is 18.8 Å². The highest BCUT2D eigenvalue weighted by Crippen LogP contribution is 2.41. The van der Waals surface area contributed by atoms with Crippen molar-refractivity contribution in [3.05, 3.63) is 29.8 Å². The average molecular weight is 192 g/mol. The van der Waals surface area contributed by atoms with Gasteiger partial charge in [-0.15, -0.1) is 0 Å². The largest absolute Gasteiger partial charge is 0.427 e. The van der Waals surface area contributed by atoms with Gasteiger partial charge in [0.25, 0.3) is 0 Å². The third-order valence-electron chi connectivity index (χ3n) is 2.55. The summed E-state index contributed by atoms with van der Waals surface area (Å²) in [6.45, 7) is 0. The zero-order chi connectivity index (χ0) is 9.71. The molecule has 3 nitrogen and oxygen atoms in total. The smallest absolute Gasteiger partial charge is 0.175 e. The molecule has 0 bridgehead atoms. The van der Waals surface area contributed by atoms with Crippen LogP contribution < -0.4 is 0 Å². The maximum atomic E-state index is 12.9. The van der Waals surface area contributed by atoms with Gasteiger partial charge in [0.2, 0.25) is 0 Å². The molecule has 2 heterocycles. The average Bonchev–Trinajstić information content (AvgIpc) is 2.87. The first kappa shape index (κ1) is 7.79. The molecule has 0 radical (unpaired) electrons. The van der Waals surface area contributed by atoms with E-state index in [1.54, 1.807) is 0 Å². The van der Waals surface area contributed by atoms with Crippen LogP contribution in [0.3, 0.4) is 0 Å². The number of rotatable bonds is 1. The van der Waals surface area contributed by atoms with E-state index in [0.29, 0.717) is 17.3 Å². The van der Waals surface area contributed by atoms with Gasteiger partial charge in [-0.3, -0.25) is 0 Å². The minimum absolute atomic E-state index is 0.438. The molecule has 0 aromatic rings. The molecular weight excluding hydrogens is 183 g/mol. The summed E-state index contributed by atoms with van der Waals surface area (Å²) in [5.41, 5.74) is 1.63. The molecule has 3 aliphatic rings. The molecule has 72 valence electrons. The standard InChI is InChI=1S/C10H9FN2O/c11-8-3-7-4-9(6-1-2-6)12-10(7)13(14)5-8/h3-6,14H,1-2H2. The lowest BCUT2D eigenvalue weighted by Gasteiger charge is -2.02. The highest BCUT2D eigenvalue weighted by Gasteiger charge is 2.28. The number of halogens is 1. The van der Waals surface area contributed by atoms with Crippen LogP contribution >= 0.6 is 0 Å². The monoisotopic (exact) mass is 192 g/mol. The Labute approximate surface area is 80.1 Å². The van der Waals surface area contributed by atoms with E-state index in [1.807, 2.05) is 6.07 Å². The quantitative estimate of drug-likeness (QED) is 0.703. The van der Waals surface area contributed by atoms with Gasteiger partial charge in [0.05, 0.1) is 6.20 Å². The maximum Gasteiger partial charge on any atom is 0.175 e. The Morgan fingerprint density at radius 2 is 2.21 bits per heavy atom. The Bertz CT molecular complexity index is 462. The third-order valence-corrected chi connectivity index (χ3v) is 2.55. The van der Waals surface area contributed by atoms with Crippen molar-refractivity contribution in [3.63, 3.8) is 0 Å². The molecule has 0 unspecified atom stereocenters. The molecule has 0 aromatic heterocycles. The van der Waals surface area contributed by atoms with Gasteiger partial charge in [0, 0.05) is 17.2 Å². The highest BCUT2D eigenvalue weighted by molar-refractivity contribution is 5.59. The van der Waals surface area contributed by atoms with Gasteiger partial charge in [-0.2, -0.15) is 4.73 Å². The number of hydrogen-bond acceptors (Lipinski definition) is 2. The summed E-state index contributed by atoms with van der Waals surface area (Å²) < 4.78 is 13.7. The van der Waals surface area contributed by atoms with E-state index < -0.39 is 5.82 Å². The SMILES string of the molecule is On1cc(F)cc2cc(C3CC3)nc1-2. The molecule has 0 saturated heterocycles. The molecule has 1 saturated carbocycles. The van der Waals surface area contributed by atoms with E-state index in [2.05, 4.69) is 4.98 Å². The first-order valence-electron chi connectivity index (χ1n) is 4.62. The maximum absolute atomic E-state index is 12.9. The van der Waals surface area contributed by atoms with Gasteiger partial charge in [0.15, 0.2) is 5.82 Å². The lowest BCUT2D eigenvalue weighted by atomic mass is 10.2. The van der Waals surface area contributed by atoms with Gasteiger partial charge in [-0.05, 0) is 25.0 Å². The van der Waals surface area contributed by atoms with Crippen LogP contribution in [0.4, 0.5) is 4.39 Å². The number of aromatic nitrogens is 2. The van der Waals surface area contributed by atoms with Crippen LogP contribution in [-0.4, -0.2) is 14.9 Å². The second-order valence-electron chi connectivity index (χ2n) is 3.74. The van der Waals surface area contributed by atoms with Crippen LogP contribution in [0.5, 0.6) is 0 Å². The second kappa shape index (κ2) is 2.47. The van der Waals surface area contributed by atoms with Gasteiger partial charge in [-0.1, -0.05) is 0 Å². The van der Waals surface area contributed by atoms with E-state index in [1.165, 1.54) is 6.07 Å². The van der Waals surface area contributed by atoms with Crippen LogP contribution in [0, 0.1) is 5.82 Å². The summed E-state index contributed by atoms with van der Waals surface area (Å²) >= 11 is 0. The van der Waals surface area contributed by atoms with Crippen molar-refractivity contribution >= 4 is 0 Å². The Morgan fingerprint density at radius 1 is 1.43 bits per heavy atom. The third kappa shape index (κ3) is 1.07. The summed E-state index contributed by atoms with van der Waals surface area (Å²) in [6, 6.07) is 3.24. The van der Waals surface area contributed by atoms with E-state index in [4.69, 9.17) is 0 Å². The van der Waals surface area contributed by atoms with Gasteiger partial charge >= 0.3 is 0 Å². The number of nitrogens with zero attached hydrogens (tertiary/aromatic N) is 2. The van der Waals surface area contributed by atoms with Crippen molar-refractivity contribution in [1.82, 2.24) is 9.71 Å². The molecular formula is C10H9FN2O. The number of hydrogen-bond donors (Lipinski definition) is 1. The van der Waals surface area contributed by atoms with E-state index in [0.717, 1.165) is 29.5 Å². The normalized spacial score (nSPS) is 16.4. The fourth-order valence-corrected chi connectivity index (χ4v) is 1.68. The molecule has 0 spiro atoms. The molecule has 0 amide bonds. The summed E-state index contributed by atoms with van der Waals surface area (Å²) in [7, 11) is 0. The molecule has 2 aliphatic heterocycles. The molecule has 1 N–H and O–H groups in total. The Hall–Kier alpha value is -1.58. The van der Waals surface area contributed by atoms with E-state index in [-0.39, 0.29) is 0 Å². The topological polar surface area (TPSA) is 38.0 Å². The van der Waals surface area contributed by atoms with Gasteiger partial charge in [-0.25, -0.2) is 9.37 Å². The first-order valence-corrected chi connectivity index (χ1v) is 4.62. The van der Waals surface area contributed by atoms with Crippen LogP contribution in [0.15, 0.2) is 18.3 Å². The van der Waals surface area contributed by atoms with Gasteiger partial charge < -0.3 is 5.21 Å². The van der Waals surface area contributed by atoms with Crippen molar-refractivity contribution in [2.24, 2.45) is 0 Å². The minimum atomic E-state index is -0.449. The minimum Gasteiger partial charge on any atom is -0.427 e. The van der Waals surface area contributed by atoms with Gasteiger partial charge in [0.1, 0.15) is 5.82 Å². The molecule has 1 aliphatic carbocycles. The lowest BCUT2D eigenvalue weighted by molar-refractivity contribution is 0.183. The van der Waals surface area contributed by atoms with Crippen molar-refractivity contribution < 1.29 is 9.60 Å². The number of pyridine rings is 1. The molecule has 4 heteroatoms. The molecule has 0 atom stereocenters. The number of fused-ring (bicyclic) bond motifs is 1. The zero-order valence-corrected chi connectivity index (χ0v) is 7.44. The second-order valence-corrected chi connectivity index (χ2v) is 3.74. The predicted octanol–water partition coefficient (Wildman–Crippen LogP) is 2.24. The van der Waals surface area contributed by atoms with Crippen molar-refractivity contribution in [1.29, 1.82) is 0 Å². The zero-order valence-electron chi connectivity index (χ0n) is 7.44. The fourth-order valence-electron chi connectivity index (χ4n) is 1.68. The van der Waals surface area contributed by atoms with Crippen LogP contribution in [0.1, 0.15) is 24.5 Å². The Morgan fingerprint density at radius 3 is 2.93 bits per heavy atom. The molecule has 0 aromatic carbocycles. The molecule has 3 rings (SSSR count). The summed E-state index contributed by atoms with van der Waals surface area (Å²) in [5, 5.41) is 9.38. The van der Waals surface area contributed by atoms with E-state index >= 15 is 0 Å². The molecule has 14 heavy (non-hydrogen) atoms. The summed E-state index contributed by atoms with van der Waals surface area (Å²) in [5.74, 6) is 0.508. The summed E-state index contributed by atoms with van der Waals surface area (Å²) in [4.78, 5) is 4.26. The highest BCUT2D eigenvalue weighted by atomic mass is 19.1. The van der Waals surface area contributed by atoms with Crippen LogP contribution in [0.2, 0.25) is 0 Å². The molecule has 1 fully saturated rings. The first-order chi connectivity index (χ1) is 6.74. The Kier molecular flexibility index (Phi) is 1.37. The van der Waals surface area contributed by atoms with Crippen LogP contribution in [-0.2, 0) is 0 Å². The van der Waals surface area contributed by atoms with Crippen molar-refractivity contribution in [2.75, 3.05) is 0 Å². The van der Waals surface area contributed by atoms with E-state index in [9.17, 15) is 9.60 Å². The predicted molar refractivity (Wildman–Crippen MR) is 48.0 cm³/mol. The van der Waals surface area contributed by atoms with Crippen LogP contribution in [0.25, 0.3) is 11.4 Å². The lowest BCUT2D eigenvalue weighted by Crippen LogP contribution is -1.99. The fraction of sp³-hybridized carbons (Fsp3) is 0.300. The summed E-state index contributed by atoms with van der Waals surface area (Å²) in [6.07, 6.45) is 3.32. The van der Waals surface area contributed by atoms with Crippen molar-refractivity contribution in [3.8, 4) is 11.4 Å².